The second-order valence-electron chi connectivity index (χ2n) is 4.16. The highest BCUT2D eigenvalue weighted by Gasteiger charge is 2.17. The highest BCUT2D eigenvalue weighted by atomic mass is 16.5. The summed E-state index contributed by atoms with van der Waals surface area (Å²) in [6.45, 7) is 1.55. The van der Waals surface area contributed by atoms with E-state index in [1.165, 1.54) is 0 Å². The molecule has 1 radical (unpaired) electrons. The van der Waals surface area contributed by atoms with Crippen molar-refractivity contribution >= 4 is 5.78 Å². The molecule has 1 aliphatic heterocycles. The van der Waals surface area contributed by atoms with E-state index in [0.29, 0.717) is 5.56 Å². The lowest BCUT2D eigenvalue weighted by molar-refractivity contribution is 0.101. The number of rotatable bonds is 1. The minimum absolute atomic E-state index is 0.0339. The van der Waals surface area contributed by atoms with Crippen molar-refractivity contribution < 1.29 is 9.53 Å². The van der Waals surface area contributed by atoms with Crippen LogP contribution in [0.4, 0.5) is 0 Å². The van der Waals surface area contributed by atoms with Crippen LogP contribution < -0.4 is 4.74 Å². The lowest BCUT2D eigenvalue weighted by atomic mass is 9.98. The van der Waals surface area contributed by atoms with Gasteiger partial charge in [-0.25, -0.2) is 0 Å². The maximum Gasteiger partial charge on any atom is 0.160 e. The maximum atomic E-state index is 11.3. The molecule has 0 saturated carbocycles. The monoisotopic (exact) mass is 223 g/mol. The molecule has 2 aromatic carbocycles. The number of benzene rings is 2. The lowest BCUT2D eigenvalue weighted by Gasteiger charge is -2.20. The lowest BCUT2D eigenvalue weighted by Crippen LogP contribution is -2.04. The third-order valence-electron chi connectivity index (χ3n) is 2.92. The number of ether oxygens (including phenoxy) is 1. The van der Waals surface area contributed by atoms with Crippen LogP contribution >= 0.6 is 0 Å². The Morgan fingerprint density at radius 1 is 1.18 bits per heavy atom. The van der Waals surface area contributed by atoms with Crippen LogP contribution in [0.15, 0.2) is 36.4 Å². The minimum atomic E-state index is 0.0339. The summed E-state index contributed by atoms with van der Waals surface area (Å²) in [4.78, 5) is 11.3. The Morgan fingerprint density at radius 3 is 2.82 bits per heavy atom. The van der Waals surface area contributed by atoms with Crippen molar-refractivity contribution in [2.75, 3.05) is 0 Å². The van der Waals surface area contributed by atoms with Crippen LogP contribution in [0.2, 0.25) is 0 Å². The fourth-order valence-corrected chi connectivity index (χ4v) is 2.02. The molecule has 0 unspecified atom stereocenters. The Labute approximate surface area is 99.9 Å². The number of carbonyl (C=O) groups excluding carboxylic acids is 1. The van der Waals surface area contributed by atoms with E-state index in [1.807, 2.05) is 30.3 Å². The molecule has 2 aromatic rings. The third kappa shape index (κ3) is 1.72. The van der Waals surface area contributed by atoms with E-state index in [4.69, 9.17) is 4.74 Å². The zero-order chi connectivity index (χ0) is 11.8. The molecular weight excluding hydrogens is 212 g/mol. The number of ketones is 1. The maximum absolute atomic E-state index is 11.3. The van der Waals surface area contributed by atoms with Crippen LogP contribution in [0.5, 0.6) is 11.5 Å². The molecule has 3 rings (SSSR count). The van der Waals surface area contributed by atoms with Crippen molar-refractivity contribution in [1.29, 1.82) is 0 Å². The molecule has 0 atom stereocenters. The molecule has 2 heteroatoms. The molecule has 0 bridgehead atoms. The van der Waals surface area contributed by atoms with Crippen molar-refractivity contribution in [3.05, 3.63) is 59.2 Å². The van der Waals surface area contributed by atoms with Gasteiger partial charge in [0.15, 0.2) is 5.78 Å². The third-order valence-corrected chi connectivity index (χ3v) is 2.92. The average Bonchev–Trinajstić information content (AvgIpc) is 2.35. The molecule has 1 aliphatic rings. The van der Waals surface area contributed by atoms with Gasteiger partial charge in [-0.2, -0.15) is 0 Å². The SMILES string of the molecule is CC(=O)c1[c]c2c(cc1)Oc1ccccc1C2. The number of para-hydroxylation sites is 1. The van der Waals surface area contributed by atoms with Gasteiger partial charge in [-0.15, -0.1) is 0 Å². The summed E-state index contributed by atoms with van der Waals surface area (Å²) >= 11 is 0. The Hall–Kier alpha value is -2.09. The average molecular weight is 223 g/mol. The number of Topliss-reactive ketones (excluding diaryl/α,β-unsaturated/α-hetero) is 1. The van der Waals surface area contributed by atoms with E-state index in [2.05, 4.69) is 6.07 Å². The van der Waals surface area contributed by atoms with Gasteiger partial charge in [-0.1, -0.05) is 18.2 Å². The molecule has 0 fully saturated rings. The van der Waals surface area contributed by atoms with E-state index in [0.717, 1.165) is 29.0 Å². The highest BCUT2D eigenvalue weighted by Crippen LogP contribution is 2.36. The largest absolute Gasteiger partial charge is 0.457 e. The van der Waals surface area contributed by atoms with Crippen LogP contribution in [0, 0.1) is 6.07 Å². The Morgan fingerprint density at radius 2 is 2.00 bits per heavy atom. The molecule has 0 saturated heterocycles. The van der Waals surface area contributed by atoms with Crippen LogP contribution in [-0.4, -0.2) is 5.78 Å². The molecule has 0 aliphatic carbocycles. The number of hydrogen-bond donors (Lipinski definition) is 0. The standard InChI is InChI=1S/C15H11O2/c1-10(16)11-6-7-15-13(8-11)9-12-4-2-3-5-14(12)17-15/h2-7H,9H2,1H3. The van der Waals surface area contributed by atoms with Crippen LogP contribution in [-0.2, 0) is 6.42 Å². The van der Waals surface area contributed by atoms with E-state index < -0.39 is 0 Å². The van der Waals surface area contributed by atoms with Gasteiger partial charge in [-0.3, -0.25) is 4.79 Å². The smallest absolute Gasteiger partial charge is 0.160 e. The van der Waals surface area contributed by atoms with Gasteiger partial charge in [0.2, 0.25) is 0 Å². The second-order valence-corrected chi connectivity index (χ2v) is 4.16. The van der Waals surface area contributed by atoms with Crippen LogP contribution in [0.1, 0.15) is 28.4 Å². The molecule has 0 spiro atoms. The van der Waals surface area contributed by atoms with Gasteiger partial charge in [0, 0.05) is 23.6 Å². The molecular formula is C15H11O2. The first-order valence-corrected chi connectivity index (χ1v) is 5.56. The fraction of sp³-hybridized carbons (Fsp3) is 0.133. The summed E-state index contributed by atoms with van der Waals surface area (Å²) in [5.74, 6) is 1.73. The van der Waals surface area contributed by atoms with E-state index in [1.54, 1.807) is 13.0 Å². The second kappa shape index (κ2) is 3.74. The van der Waals surface area contributed by atoms with Gasteiger partial charge in [-0.05, 0) is 30.7 Å². The summed E-state index contributed by atoms with van der Waals surface area (Å²) < 4.78 is 5.77. The summed E-state index contributed by atoms with van der Waals surface area (Å²) in [7, 11) is 0. The first-order valence-electron chi connectivity index (χ1n) is 5.56. The van der Waals surface area contributed by atoms with Crippen LogP contribution in [0.25, 0.3) is 0 Å². The molecule has 17 heavy (non-hydrogen) atoms. The van der Waals surface area contributed by atoms with E-state index in [9.17, 15) is 4.79 Å². The zero-order valence-corrected chi connectivity index (χ0v) is 9.49. The summed E-state index contributed by atoms with van der Waals surface area (Å²) in [6, 6.07) is 14.7. The van der Waals surface area contributed by atoms with E-state index >= 15 is 0 Å². The topological polar surface area (TPSA) is 26.3 Å². The fourth-order valence-electron chi connectivity index (χ4n) is 2.02. The zero-order valence-electron chi connectivity index (χ0n) is 9.49. The van der Waals surface area contributed by atoms with Crippen molar-refractivity contribution in [3.8, 4) is 11.5 Å². The summed E-state index contributed by atoms with van der Waals surface area (Å²) in [5.41, 5.74) is 2.71. The van der Waals surface area contributed by atoms with Crippen LogP contribution in [0.3, 0.4) is 0 Å². The molecule has 2 nitrogen and oxygen atoms in total. The predicted molar refractivity (Wildman–Crippen MR) is 64.6 cm³/mol. The Kier molecular flexibility index (Phi) is 2.22. The molecule has 1 heterocycles. The van der Waals surface area contributed by atoms with Gasteiger partial charge < -0.3 is 4.74 Å². The summed E-state index contributed by atoms with van der Waals surface area (Å²) in [5, 5.41) is 0. The van der Waals surface area contributed by atoms with Crippen molar-refractivity contribution in [2.24, 2.45) is 0 Å². The van der Waals surface area contributed by atoms with Crippen molar-refractivity contribution in [1.82, 2.24) is 0 Å². The molecule has 83 valence electrons. The van der Waals surface area contributed by atoms with E-state index in [-0.39, 0.29) is 5.78 Å². The van der Waals surface area contributed by atoms with Gasteiger partial charge >= 0.3 is 0 Å². The van der Waals surface area contributed by atoms with Gasteiger partial charge in [0.1, 0.15) is 11.5 Å². The molecule has 0 aromatic heterocycles. The number of carbonyl (C=O) groups is 1. The first kappa shape index (κ1) is 10.1. The Bertz CT molecular complexity index is 600. The minimum Gasteiger partial charge on any atom is -0.457 e. The van der Waals surface area contributed by atoms with Gasteiger partial charge in [0.25, 0.3) is 0 Å². The predicted octanol–water partition coefficient (Wildman–Crippen LogP) is 3.39. The molecule has 0 N–H and O–H groups in total. The Balaban J connectivity index is 2.06. The van der Waals surface area contributed by atoms with Gasteiger partial charge in [0.05, 0.1) is 0 Å². The summed E-state index contributed by atoms with van der Waals surface area (Å²) in [6.07, 6.45) is 0.770. The highest BCUT2D eigenvalue weighted by molar-refractivity contribution is 5.94. The normalized spacial score (nSPS) is 12.3. The number of hydrogen-bond acceptors (Lipinski definition) is 2. The number of fused-ring (bicyclic) bond motifs is 2. The quantitative estimate of drug-likeness (QED) is 0.591. The molecule has 0 amide bonds. The van der Waals surface area contributed by atoms with Crippen molar-refractivity contribution in [2.45, 2.75) is 13.3 Å². The van der Waals surface area contributed by atoms with Crippen molar-refractivity contribution in [3.63, 3.8) is 0 Å². The first-order chi connectivity index (χ1) is 8.24.